The second kappa shape index (κ2) is 15.5. The molecule has 13 nitrogen and oxygen atoms in total. The summed E-state index contributed by atoms with van der Waals surface area (Å²) >= 11 is 0. The molecule has 5 heterocycles. The molecule has 59 heavy (non-hydrogen) atoms. The highest BCUT2D eigenvalue weighted by atomic mass is 19.4. The van der Waals surface area contributed by atoms with Gasteiger partial charge in [0.15, 0.2) is 5.69 Å². The number of ether oxygens (including phenoxy) is 2. The number of amides is 1. The van der Waals surface area contributed by atoms with Crippen molar-refractivity contribution >= 4 is 29.5 Å². The van der Waals surface area contributed by atoms with Gasteiger partial charge in [-0.1, -0.05) is 0 Å². The molecule has 1 aromatic carbocycles. The number of hydrogen-bond donors (Lipinski definition) is 2. The first-order valence-electron chi connectivity index (χ1n) is 21.2. The molecule has 7 aliphatic rings. The van der Waals surface area contributed by atoms with Gasteiger partial charge >= 0.3 is 12.1 Å². The molecule has 4 saturated carbocycles. The van der Waals surface area contributed by atoms with Gasteiger partial charge in [-0.15, -0.1) is 0 Å². The van der Waals surface area contributed by atoms with E-state index in [1.165, 1.54) is 0 Å². The number of carboxylic acid groups (broad SMARTS) is 1. The minimum absolute atomic E-state index is 0.0311. The predicted molar refractivity (Wildman–Crippen MR) is 212 cm³/mol. The Morgan fingerprint density at radius 2 is 1.66 bits per heavy atom. The fourth-order valence-electron chi connectivity index (χ4n) is 11.5. The number of hydrogen-bond acceptors (Lipinski definition) is 11. The van der Waals surface area contributed by atoms with Gasteiger partial charge in [0.1, 0.15) is 17.4 Å². The van der Waals surface area contributed by atoms with Crippen LogP contribution in [-0.4, -0.2) is 107 Å². The standard InChI is InChI=1S/C43H53F3N8O5/c1-52(2)14-3-5-33-35(37(55)51-42(38(56)57)28-20-26-19-27(22-28)23-29(42)21-26)36(43(44,45)46)50-40(49-33)54-25-41(10-17-58-18-11-41)32-24-31(6-7-34(32)54)59-30-8-15-53(16-9-30)39-47-12-4-13-48-39/h4,6-7,12-13,24,26-30H,3,5,8-11,14-23,25H2,1-2H3,(H,51,55)(H,56,57). The fourth-order valence-corrected chi connectivity index (χ4v) is 11.5. The van der Waals surface area contributed by atoms with E-state index in [1.54, 1.807) is 23.4 Å². The normalized spacial score (nSPS) is 27.4. The number of fused-ring (bicyclic) bond motifs is 2. The van der Waals surface area contributed by atoms with Crippen LogP contribution in [0.1, 0.15) is 91.5 Å². The van der Waals surface area contributed by atoms with E-state index in [1.807, 2.05) is 37.2 Å². The Labute approximate surface area is 342 Å². The van der Waals surface area contributed by atoms with Crippen molar-refractivity contribution in [1.29, 1.82) is 0 Å². The van der Waals surface area contributed by atoms with E-state index in [4.69, 9.17) is 14.5 Å². The lowest BCUT2D eigenvalue weighted by molar-refractivity contribution is -0.163. The van der Waals surface area contributed by atoms with Gasteiger partial charge in [-0.05, 0) is 132 Å². The molecule has 0 unspecified atom stereocenters. The zero-order valence-corrected chi connectivity index (χ0v) is 33.7. The molecule has 4 aliphatic carbocycles. The molecule has 1 amide bonds. The van der Waals surface area contributed by atoms with Gasteiger partial charge < -0.3 is 34.6 Å². The first-order chi connectivity index (χ1) is 28.3. The number of anilines is 3. The van der Waals surface area contributed by atoms with E-state index < -0.39 is 40.3 Å². The minimum atomic E-state index is -5.03. The van der Waals surface area contributed by atoms with E-state index in [9.17, 15) is 14.7 Å². The molecule has 316 valence electrons. The molecule has 0 radical (unpaired) electrons. The third kappa shape index (κ3) is 7.37. The van der Waals surface area contributed by atoms with Crippen molar-refractivity contribution < 1.29 is 37.3 Å². The van der Waals surface area contributed by atoms with Crippen LogP contribution in [0.3, 0.4) is 0 Å². The molecule has 4 bridgehead atoms. The molecule has 6 fully saturated rings. The number of aliphatic carboxylic acids is 1. The maximum absolute atomic E-state index is 15.4. The number of nitrogens with zero attached hydrogens (tertiary/aromatic N) is 7. The number of piperidine rings is 1. The summed E-state index contributed by atoms with van der Waals surface area (Å²) < 4.78 is 58.6. The Morgan fingerprint density at radius 3 is 2.29 bits per heavy atom. The third-order valence-corrected chi connectivity index (χ3v) is 14.1. The summed E-state index contributed by atoms with van der Waals surface area (Å²) in [5.41, 5.74) is -2.49. The number of rotatable bonds is 11. The molecular formula is C43H53F3N8O5. The fraction of sp³-hybridized carbons (Fsp3) is 0.628. The minimum Gasteiger partial charge on any atom is -0.490 e. The van der Waals surface area contributed by atoms with Gasteiger partial charge in [-0.2, -0.15) is 13.2 Å². The number of alkyl halides is 3. The largest absolute Gasteiger partial charge is 0.490 e. The highest BCUT2D eigenvalue weighted by Crippen LogP contribution is 2.59. The number of carbonyl (C=O) groups excluding carboxylic acids is 1. The maximum atomic E-state index is 15.4. The number of carbonyl (C=O) groups is 2. The van der Waals surface area contributed by atoms with Crippen molar-refractivity contribution in [3.63, 3.8) is 0 Å². The van der Waals surface area contributed by atoms with Crippen LogP contribution in [0.4, 0.5) is 30.8 Å². The average Bonchev–Trinajstić information content (AvgIpc) is 3.51. The van der Waals surface area contributed by atoms with Crippen LogP contribution < -0.4 is 19.9 Å². The van der Waals surface area contributed by atoms with Crippen LogP contribution in [0.5, 0.6) is 5.75 Å². The van der Waals surface area contributed by atoms with Crippen LogP contribution in [0.15, 0.2) is 36.7 Å². The zero-order valence-electron chi connectivity index (χ0n) is 33.7. The summed E-state index contributed by atoms with van der Waals surface area (Å²) in [5.74, 6) is -0.894. The number of halogens is 3. The highest BCUT2D eigenvalue weighted by molar-refractivity contribution is 6.00. The first kappa shape index (κ1) is 39.9. The van der Waals surface area contributed by atoms with Gasteiger partial charge in [-0.3, -0.25) is 4.79 Å². The van der Waals surface area contributed by atoms with Crippen molar-refractivity contribution in [2.24, 2.45) is 23.7 Å². The Balaban J connectivity index is 1.05. The Hall–Kier alpha value is -4.57. The lowest BCUT2D eigenvalue weighted by atomic mass is 9.48. The van der Waals surface area contributed by atoms with Crippen LogP contribution in [0.2, 0.25) is 0 Å². The van der Waals surface area contributed by atoms with Gasteiger partial charge in [0, 0.05) is 69.2 Å². The van der Waals surface area contributed by atoms with Gasteiger partial charge in [0.05, 0.1) is 11.3 Å². The Morgan fingerprint density at radius 1 is 0.983 bits per heavy atom. The summed E-state index contributed by atoms with van der Waals surface area (Å²) in [6.07, 6.45) is 5.40. The molecule has 2 saturated heterocycles. The molecule has 3 aromatic rings. The smallest absolute Gasteiger partial charge is 0.434 e. The Bertz CT molecular complexity index is 2030. The average molecular weight is 819 g/mol. The highest BCUT2D eigenvalue weighted by Gasteiger charge is 2.62. The molecule has 1 spiro atoms. The number of aryl methyl sites for hydroxylation is 1. The van der Waals surface area contributed by atoms with Crippen molar-refractivity contribution in [2.45, 2.75) is 93.9 Å². The van der Waals surface area contributed by atoms with E-state index >= 15 is 13.2 Å². The first-order valence-corrected chi connectivity index (χ1v) is 21.2. The van der Waals surface area contributed by atoms with Crippen molar-refractivity contribution in [3.05, 3.63) is 59.2 Å². The summed E-state index contributed by atoms with van der Waals surface area (Å²) in [4.78, 5) is 51.3. The molecule has 0 atom stereocenters. The van der Waals surface area contributed by atoms with Crippen LogP contribution >= 0.6 is 0 Å². The van der Waals surface area contributed by atoms with Gasteiger partial charge in [0.25, 0.3) is 5.91 Å². The van der Waals surface area contributed by atoms with E-state index in [-0.39, 0.29) is 36.0 Å². The van der Waals surface area contributed by atoms with Crippen LogP contribution in [-0.2, 0) is 27.5 Å². The number of nitrogens with one attached hydrogen (secondary N) is 1. The summed E-state index contributed by atoms with van der Waals surface area (Å²) in [6.45, 7) is 3.37. The molecule has 16 heteroatoms. The zero-order chi connectivity index (χ0) is 41.1. The molecule has 2 aromatic heterocycles. The van der Waals surface area contributed by atoms with E-state index in [0.29, 0.717) is 100 Å². The third-order valence-electron chi connectivity index (χ3n) is 14.1. The quantitative estimate of drug-likeness (QED) is 0.233. The number of benzene rings is 1. The monoisotopic (exact) mass is 818 g/mol. The number of carboxylic acids is 1. The van der Waals surface area contributed by atoms with E-state index in [2.05, 4.69) is 25.2 Å². The van der Waals surface area contributed by atoms with Crippen molar-refractivity contribution in [2.75, 3.05) is 63.3 Å². The molecule has 10 rings (SSSR count). The van der Waals surface area contributed by atoms with Gasteiger partial charge in [-0.25, -0.2) is 24.7 Å². The molecule has 2 N–H and O–H groups in total. The van der Waals surface area contributed by atoms with Crippen molar-refractivity contribution in [1.82, 2.24) is 30.2 Å². The topological polar surface area (TPSA) is 146 Å². The van der Waals surface area contributed by atoms with E-state index in [0.717, 1.165) is 37.9 Å². The molecular weight excluding hydrogens is 766 g/mol. The summed E-state index contributed by atoms with van der Waals surface area (Å²) in [6, 6.07) is 7.56. The lowest BCUT2D eigenvalue weighted by Crippen LogP contribution is -2.70. The lowest BCUT2D eigenvalue weighted by Gasteiger charge is -2.59. The van der Waals surface area contributed by atoms with Crippen LogP contribution in [0, 0.1) is 23.7 Å². The second-order valence-electron chi connectivity index (χ2n) is 18.0. The SMILES string of the molecule is CN(C)CCCc1nc(N2CC3(CCOCC3)c3cc(OC4CCN(c5ncccn5)CC4)ccc32)nc(C(F)(F)F)c1C(=O)NC1(C(=O)O)C2CC3CC(C2)CC1C3. The van der Waals surface area contributed by atoms with Gasteiger partial charge in [0.2, 0.25) is 11.9 Å². The summed E-state index contributed by atoms with van der Waals surface area (Å²) in [7, 11) is 3.75. The summed E-state index contributed by atoms with van der Waals surface area (Å²) in [5, 5.41) is 13.5. The Kier molecular flexibility index (Phi) is 10.5. The van der Waals surface area contributed by atoms with Crippen molar-refractivity contribution in [3.8, 4) is 5.75 Å². The maximum Gasteiger partial charge on any atom is 0.434 e. The van der Waals surface area contributed by atoms with Crippen LogP contribution in [0.25, 0.3) is 0 Å². The molecule has 3 aliphatic heterocycles. The second-order valence-corrected chi connectivity index (χ2v) is 18.0. The predicted octanol–water partition coefficient (Wildman–Crippen LogP) is 6.04. The number of aromatic nitrogens is 4.